The molecule has 1 unspecified atom stereocenters. The molecule has 0 saturated heterocycles. The fourth-order valence-electron chi connectivity index (χ4n) is 0.984. The highest BCUT2D eigenvalue weighted by atomic mass is 15.3. The molecular weight excluding hydrogens is 164 g/mol. The van der Waals surface area contributed by atoms with Crippen LogP contribution in [0, 0.1) is 5.92 Å². The van der Waals surface area contributed by atoms with Crippen LogP contribution in [-0.2, 0) is 7.05 Å². The summed E-state index contributed by atoms with van der Waals surface area (Å²) in [6.45, 7) is 5.04. The van der Waals surface area contributed by atoms with Crippen molar-refractivity contribution in [2.24, 2.45) is 18.7 Å². The first kappa shape index (κ1) is 10.1. The van der Waals surface area contributed by atoms with Crippen molar-refractivity contribution in [2.45, 2.75) is 19.9 Å². The van der Waals surface area contributed by atoms with Crippen LogP contribution in [0.15, 0.2) is 12.4 Å². The van der Waals surface area contributed by atoms with E-state index in [1.165, 1.54) is 0 Å². The maximum absolute atomic E-state index is 5.88. The second kappa shape index (κ2) is 4.28. The number of hydrogen-bond acceptors (Lipinski definition) is 3. The Kier molecular flexibility index (Phi) is 3.31. The molecule has 0 amide bonds. The Morgan fingerprint density at radius 2 is 2.31 bits per heavy atom. The van der Waals surface area contributed by atoms with Crippen molar-refractivity contribution in [3.63, 3.8) is 0 Å². The fourth-order valence-corrected chi connectivity index (χ4v) is 0.984. The van der Waals surface area contributed by atoms with E-state index in [-0.39, 0.29) is 6.04 Å². The Bertz CT molecular complexity index is 254. The third-order valence-electron chi connectivity index (χ3n) is 2.10. The zero-order chi connectivity index (χ0) is 9.84. The molecule has 1 atom stereocenters. The lowest BCUT2D eigenvalue weighted by molar-refractivity contribution is 0.511. The molecule has 0 radical (unpaired) electrons. The molecule has 3 N–H and O–H groups in total. The molecule has 0 aromatic carbocycles. The molecule has 13 heavy (non-hydrogen) atoms. The normalized spacial score (nSPS) is 13.3. The number of nitrogens with zero attached hydrogens (tertiary/aromatic N) is 2. The lowest BCUT2D eigenvalue weighted by Crippen LogP contribution is -2.33. The SMILES string of the molecule is CC(C)C(N)CNc1cnn(C)c1. The first-order valence-electron chi connectivity index (χ1n) is 4.57. The van der Waals surface area contributed by atoms with Gasteiger partial charge >= 0.3 is 0 Å². The van der Waals surface area contributed by atoms with Gasteiger partial charge in [0.05, 0.1) is 11.9 Å². The van der Waals surface area contributed by atoms with Crippen molar-refractivity contribution in [1.82, 2.24) is 9.78 Å². The van der Waals surface area contributed by atoms with Gasteiger partial charge in [0, 0.05) is 25.8 Å². The third kappa shape index (κ3) is 3.06. The minimum absolute atomic E-state index is 0.195. The van der Waals surface area contributed by atoms with Gasteiger partial charge in [0.25, 0.3) is 0 Å². The molecule has 0 aliphatic heterocycles. The molecule has 0 aliphatic carbocycles. The molecule has 1 heterocycles. The monoisotopic (exact) mass is 182 g/mol. The molecule has 0 fully saturated rings. The third-order valence-corrected chi connectivity index (χ3v) is 2.10. The van der Waals surface area contributed by atoms with Crippen LogP contribution in [-0.4, -0.2) is 22.4 Å². The van der Waals surface area contributed by atoms with Crippen LogP contribution in [0.25, 0.3) is 0 Å². The Morgan fingerprint density at radius 1 is 1.62 bits per heavy atom. The second-order valence-electron chi connectivity index (χ2n) is 3.69. The minimum atomic E-state index is 0.195. The van der Waals surface area contributed by atoms with E-state index in [1.54, 1.807) is 10.9 Å². The van der Waals surface area contributed by atoms with Gasteiger partial charge in [-0.25, -0.2) is 0 Å². The molecule has 1 rings (SSSR count). The van der Waals surface area contributed by atoms with E-state index in [1.807, 2.05) is 13.2 Å². The van der Waals surface area contributed by atoms with Crippen molar-refractivity contribution < 1.29 is 0 Å². The van der Waals surface area contributed by atoms with E-state index in [0.29, 0.717) is 5.92 Å². The van der Waals surface area contributed by atoms with Crippen LogP contribution in [0.4, 0.5) is 5.69 Å². The predicted octanol–water partition coefficient (Wildman–Crippen LogP) is 0.815. The average molecular weight is 182 g/mol. The highest BCUT2D eigenvalue weighted by Crippen LogP contribution is 2.05. The van der Waals surface area contributed by atoms with Gasteiger partial charge < -0.3 is 11.1 Å². The average Bonchev–Trinajstić information content (AvgIpc) is 2.47. The van der Waals surface area contributed by atoms with Gasteiger partial charge in [-0.15, -0.1) is 0 Å². The van der Waals surface area contributed by atoms with Gasteiger partial charge in [0.1, 0.15) is 0 Å². The maximum atomic E-state index is 5.88. The Morgan fingerprint density at radius 3 is 2.77 bits per heavy atom. The number of aryl methyl sites for hydroxylation is 1. The van der Waals surface area contributed by atoms with Crippen molar-refractivity contribution in [2.75, 3.05) is 11.9 Å². The summed E-state index contributed by atoms with van der Waals surface area (Å²) in [5, 5.41) is 7.29. The van der Waals surface area contributed by atoms with Gasteiger partial charge in [0.15, 0.2) is 0 Å². The smallest absolute Gasteiger partial charge is 0.0726 e. The van der Waals surface area contributed by atoms with E-state index >= 15 is 0 Å². The van der Waals surface area contributed by atoms with Crippen molar-refractivity contribution in [1.29, 1.82) is 0 Å². The first-order valence-corrected chi connectivity index (χ1v) is 4.57. The Hall–Kier alpha value is -1.03. The number of nitrogens with two attached hydrogens (primary N) is 1. The summed E-state index contributed by atoms with van der Waals surface area (Å²) in [5.41, 5.74) is 6.91. The number of aromatic nitrogens is 2. The molecular formula is C9H18N4. The fraction of sp³-hybridized carbons (Fsp3) is 0.667. The highest BCUT2D eigenvalue weighted by molar-refractivity contribution is 5.38. The van der Waals surface area contributed by atoms with E-state index in [0.717, 1.165) is 12.2 Å². The number of nitrogens with one attached hydrogen (secondary N) is 1. The van der Waals surface area contributed by atoms with Crippen LogP contribution in [0.5, 0.6) is 0 Å². The standard InChI is InChI=1S/C9H18N4/c1-7(2)9(10)5-11-8-4-12-13(3)6-8/h4,6-7,9,11H,5,10H2,1-3H3. The number of anilines is 1. The van der Waals surface area contributed by atoms with E-state index in [2.05, 4.69) is 24.3 Å². The highest BCUT2D eigenvalue weighted by Gasteiger charge is 2.06. The summed E-state index contributed by atoms with van der Waals surface area (Å²) >= 11 is 0. The molecule has 0 spiro atoms. The van der Waals surface area contributed by atoms with E-state index in [9.17, 15) is 0 Å². The minimum Gasteiger partial charge on any atom is -0.381 e. The zero-order valence-electron chi connectivity index (χ0n) is 8.49. The van der Waals surface area contributed by atoms with Crippen LogP contribution in [0.3, 0.4) is 0 Å². The predicted molar refractivity (Wildman–Crippen MR) is 54.5 cm³/mol. The van der Waals surface area contributed by atoms with Crippen LogP contribution < -0.4 is 11.1 Å². The lowest BCUT2D eigenvalue weighted by Gasteiger charge is -2.15. The summed E-state index contributed by atoms with van der Waals surface area (Å²) < 4.78 is 1.77. The van der Waals surface area contributed by atoms with E-state index in [4.69, 9.17) is 5.73 Å². The van der Waals surface area contributed by atoms with Gasteiger partial charge in [-0.05, 0) is 5.92 Å². The van der Waals surface area contributed by atoms with Gasteiger partial charge in [-0.2, -0.15) is 5.10 Å². The van der Waals surface area contributed by atoms with Crippen LogP contribution >= 0.6 is 0 Å². The van der Waals surface area contributed by atoms with Gasteiger partial charge in [-0.3, -0.25) is 4.68 Å². The molecule has 0 saturated carbocycles. The summed E-state index contributed by atoms with van der Waals surface area (Å²) in [6, 6.07) is 0.195. The molecule has 0 bridgehead atoms. The van der Waals surface area contributed by atoms with Crippen LogP contribution in [0.1, 0.15) is 13.8 Å². The zero-order valence-corrected chi connectivity index (χ0v) is 8.49. The molecule has 0 aliphatic rings. The van der Waals surface area contributed by atoms with E-state index < -0.39 is 0 Å². The number of hydrogen-bond donors (Lipinski definition) is 2. The summed E-state index contributed by atoms with van der Waals surface area (Å²) in [7, 11) is 1.90. The molecule has 1 aromatic rings. The van der Waals surface area contributed by atoms with Crippen molar-refractivity contribution >= 4 is 5.69 Å². The number of rotatable bonds is 4. The molecule has 74 valence electrons. The van der Waals surface area contributed by atoms with Crippen molar-refractivity contribution in [3.8, 4) is 0 Å². The first-order chi connectivity index (χ1) is 6.09. The van der Waals surface area contributed by atoms with Crippen LogP contribution in [0.2, 0.25) is 0 Å². The lowest BCUT2D eigenvalue weighted by atomic mass is 10.1. The Labute approximate surface area is 79.1 Å². The quantitative estimate of drug-likeness (QED) is 0.724. The van der Waals surface area contributed by atoms with Gasteiger partial charge in [-0.1, -0.05) is 13.8 Å². The summed E-state index contributed by atoms with van der Waals surface area (Å²) in [5.74, 6) is 0.504. The summed E-state index contributed by atoms with van der Waals surface area (Å²) in [6.07, 6.45) is 3.74. The molecule has 4 heteroatoms. The van der Waals surface area contributed by atoms with Gasteiger partial charge in [0.2, 0.25) is 0 Å². The second-order valence-corrected chi connectivity index (χ2v) is 3.69. The molecule has 1 aromatic heterocycles. The largest absolute Gasteiger partial charge is 0.381 e. The summed E-state index contributed by atoms with van der Waals surface area (Å²) in [4.78, 5) is 0. The Balaban J connectivity index is 2.35. The topological polar surface area (TPSA) is 55.9 Å². The molecule has 4 nitrogen and oxygen atoms in total. The maximum Gasteiger partial charge on any atom is 0.0726 e. The van der Waals surface area contributed by atoms with Crippen molar-refractivity contribution in [3.05, 3.63) is 12.4 Å².